The lowest BCUT2D eigenvalue weighted by atomic mass is 10.0. The van der Waals surface area contributed by atoms with Gasteiger partial charge in [0.2, 0.25) is 0 Å². The maximum Gasteiger partial charge on any atom is 0.251 e. The van der Waals surface area contributed by atoms with Crippen LogP contribution in [0.2, 0.25) is 10.2 Å². The van der Waals surface area contributed by atoms with Crippen molar-refractivity contribution in [3.63, 3.8) is 0 Å². The Labute approximate surface area is 230 Å². The number of anilines is 1. The van der Waals surface area contributed by atoms with E-state index in [1.807, 2.05) is 41.1 Å². The molecule has 6 aromatic rings. The van der Waals surface area contributed by atoms with E-state index >= 15 is 0 Å². The van der Waals surface area contributed by atoms with Gasteiger partial charge in [-0.3, -0.25) is 4.79 Å². The van der Waals surface area contributed by atoms with E-state index in [1.54, 1.807) is 23.0 Å². The van der Waals surface area contributed by atoms with Gasteiger partial charge in [0.05, 0.1) is 35.2 Å². The second kappa shape index (κ2) is 8.05. The molecular formula is C27H18Cl2N8O2. The topological polar surface area (TPSA) is 133 Å². The normalized spacial score (nSPS) is 19.4. The quantitative estimate of drug-likeness (QED) is 0.304. The number of aromatic nitrogens is 7. The predicted octanol–water partition coefficient (Wildman–Crippen LogP) is 5.22. The lowest BCUT2D eigenvalue weighted by molar-refractivity contribution is 0.460. The molecule has 1 fully saturated rings. The second-order valence-electron chi connectivity index (χ2n) is 9.94. The van der Waals surface area contributed by atoms with Gasteiger partial charge in [0.1, 0.15) is 5.82 Å². The number of benzene rings is 2. The largest absolute Gasteiger partial charge is 0.380 e. The molecule has 3 unspecified atom stereocenters. The third-order valence-corrected chi connectivity index (χ3v) is 8.08. The van der Waals surface area contributed by atoms with Crippen LogP contribution in [0.3, 0.4) is 0 Å². The molecule has 1 aliphatic carbocycles. The Hall–Kier alpha value is -4.41. The van der Waals surface area contributed by atoms with Crippen molar-refractivity contribution in [2.24, 2.45) is 5.92 Å². The summed E-state index contributed by atoms with van der Waals surface area (Å²) in [4.78, 5) is 21.7. The van der Waals surface area contributed by atoms with E-state index in [4.69, 9.17) is 33.5 Å². The number of hydrogen-bond acceptors (Lipinski definition) is 7. The monoisotopic (exact) mass is 556 g/mol. The summed E-state index contributed by atoms with van der Waals surface area (Å²) in [5.74, 6) is 1.66. The summed E-state index contributed by atoms with van der Waals surface area (Å²) < 4.78 is 8.78. The number of nitrogen functional groups attached to an aromatic ring is 1. The molecule has 3 N–H and O–H groups in total. The minimum atomic E-state index is -0.120. The van der Waals surface area contributed by atoms with Crippen molar-refractivity contribution in [3.05, 3.63) is 92.8 Å². The summed E-state index contributed by atoms with van der Waals surface area (Å²) in [6.07, 6.45) is 4.44. The third-order valence-electron chi connectivity index (χ3n) is 7.67. The van der Waals surface area contributed by atoms with Crippen molar-refractivity contribution in [1.29, 1.82) is 0 Å². The summed E-state index contributed by atoms with van der Waals surface area (Å²) in [6, 6.07) is 14.7. The fourth-order valence-electron chi connectivity index (χ4n) is 5.84. The molecule has 4 aromatic heterocycles. The molecule has 0 amide bonds. The maximum absolute atomic E-state index is 13.6. The van der Waals surface area contributed by atoms with Crippen LogP contribution in [-0.2, 0) is 0 Å². The zero-order valence-electron chi connectivity index (χ0n) is 20.0. The molecule has 12 heteroatoms. The smallest absolute Gasteiger partial charge is 0.251 e. The lowest BCUT2D eigenvalue weighted by Gasteiger charge is -2.18. The molecule has 0 saturated heterocycles. The van der Waals surface area contributed by atoms with Crippen molar-refractivity contribution >= 4 is 40.0 Å². The van der Waals surface area contributed by atoms with Gasteiger partial charge in [-0.1, -0.05) is 39.6 Å². The summed E-state index contributed by atoms with van der Waals surface area (Å²) in [6.45, 7) is 0. The highest BCUT2D eigenvalue weighted by Crippen LogP contribution is 2.60. The van der Waals surface area contributed by atoms with Crippen LogP contribution >= 0.6 is 23.2 Å². The average molecular weight is 557 g/mol. The van der Waals surface area contributed by atoms with Gasteiger partial charge in [0, 0.05) is 33.8 Å². The van der Waals surface area contributed by atoms with Gasteiger partial charge >= 0.3 is 0 Å². The number of nitrogens with one attached hydrogen (secondary N) is 1. The van der Waals surface area contributed by atoms with Crippen molar-refractivity contribution < 1.29 is 4.52 Å². The number of imidazole rings is 1. The molecule has 1 aliphatic heterocycles. The van der Waals surface area contributed by atoms with Crippen LogP contribution in [0.5, 0.6) is 0 Å². The van der Waals surface area contributed by atoms with Crippen LogP contribution in [0.4, 0.5) is 5.82 Å². The van der Waals surface area contributed by atoms with E-state index in [0.29, 0.717) is 34.1 Å². The molecule has 0 radical (unpaired) electrons. The predicted molar refractivity (Wildman–Crippen MR) is 146 cm³/mol. The Morgan fingerprint density at radius 3 is 2.82 bits per heavy atom. The summed E-state index contributed by atoms with van der Waals surface area (Å²) >= 11 is 12.4. The first-order chi connectivity index (χ1) is 18.9. The number of rotatable bonds is 4. The van der Waals surface area contributed by atoms with Crippen molar-refractivity contribution in [3.8, 4) is 28.2 Å². The molecule has 2 aliphatic rings. The lowest BCUT2D eigenvalue weighted by Crippen LogP contribution is -2.26. The van der Waals surface area contributed by atoms with E-state index < -0.39 is 0 Å². The van der Waals surface area contributed by atoms with Gasteiger partial charge in [-0.2, -0.15) is 0 Å². The standard InChI is InChI=1S/C27H18Cl2N8O2/c28-14-2-4-20(36-11-23(29)33-35-36)16(8-14)13-5-21-17-9-18(17)25(37(21)24(38)7-13)19-10-31-27(32-19)12-1-3-15-22(6-12)39-34-26(15)30/h1-8,10-11,17-18,25H,9H2,(H2,30,34)(H,31,32). The Kier molecular flexibility index (Phi) is 4.65. The van der Waals surface area contributed by atoms with E-state index in [0.717, 1.165) is 45.6 Å². The van der Waals surface area contributed by atoms with Gasteiger partial charge < -0.3 is 19.8 Å². The number of nitrogens with zero attached hydrogens (tertiary/aromatic N) is 6. The average Bonchev–Trinajstić information content (AvgIpc) is 3.28. The van der Waals surface area contributed by atoms with Crippen molar-refractivity contribution in [2.45, 2.75) is 18.4 Å². The number of nitrogens with two attached hydrogens (primary N) is 1. The Balaban J connectivity index is 1.19. The number of aromatic amines is 1. The second-order valence-corrected chi connectivity index (χ2v) is 10.8. The Morgan fingerprint density at radius 1 is 1.08 bits per heavy atom. The van der Waals surface area contributed by atoms with Crippen molar-refractivity contribution in [1.82, 2.24) is 34.7 Å². The molecule has 3 atom stereocenters. The zero-order chi connectivity index (χ0) is 26.4. The van der Waals surface area contributed by atoms with Crippen LogP contribution in [0, 0.1) is 5.92 Å². The molecule has 0 bridgehead atoms. The third kappa shape index (κ3) is 3.45. The van der Waals surface area contributed by atoms with Crippen LogP contribution < -0.4 is 11.3 Å². The van der Waals surface area contributed by atoms with E-state index in [2.05, 4.69) is 31.5 Å². The Morgan fingerprint density at radius 2 is 1.97 bits per heavy atom. The number of halogens is 2. The number of H-pyrrole nitrogens is 1. The first kappa shape index (κ1) is 22.6. The Bertz CT molecular complexity index is 2000. The van der Waals surface area contributed by atoms with Crippen LogP contribution in [0.25, 0.3) is 39.2 Å². The summed E-state index contributed by atoms with van der Waals surface area (Å²) in [5.41, 5.74) is 11.4. The number of fused-ring (bicyclic) bond motifs is 4. The number of pyridine rings is 1. The molecule has 5 heterocycles. The van der Waals surface area contributed by atoms with Gasteiger partial charge in [0.15, 0.2) is 16.6 Å². The molecule has 1 saturated carbocycles. The first-order valence-electron chi connectivity index (χ1n) is 12.3. The SMILES string of the molecule is Nc1noc2cc(-c3ncc(C4C5CC5c5cc(-c6cc(Cl)ccc6-n6cc(Cl)nn6)cc(=O)n54)[nH]3)ccc12. The van der Waals surface area contributed by atoms with Crippen LogP contribution in [0.1, 0.15) is 29.8 Å². The highest BCUT2D eigenvalue weighted by molar-refractivity contribution is 6.31. The summed E-state index contributed by atoms with van der Waals surface area (Å²) in [5, 5.41) is 13.4. The van der Waals surface area contributed by atoms with Gasteiger partial charge in [-0.15, -0.1) is 5.10 Å². The van der Waals surface area contributed by atoms with E-state index in [1.165, 1.54) is 0 Å². The minimum absolute atomic E-state index is 0.0862. The maximum atomic E-state index is 13.6. The molecule has 2 aromatic carbocycles. The molecule has 192 valence electrons. The fourth-order valence-corrected chi connectivity index (χ4v) is 6.14. The van der Waals surface area contributed by atoms with Crippen LogP contribution in [0.15, 0.2) is 70.2 Å². The summed E-state index contributed by atoms with van der Waals surface area (Å²) in [7, 11) is 0. The van der Waals surface area contributed by atoms with E-state index in [9.17, 15) is 4.79 Å². The van der Waals surface area contributed by atoms with Crippen molar-refractivity contribution in [2.75, 3.05) is 5.73 Å². The van der Waals surface area contributed by atoms with Gasteiger partial charge in [0.25, 0.3) is 5.56 Å². The fraction of sp³-hybridized carbons (Fsp3) is 0.148. The molecular weight excluding hydrogens is 539 g/mol. The zero-order valence-corrected chi connectivity index (χ0v) is 21.6. The molecule has 8 rings (SSSR count). The minimum Gasteiger partial charge on any atom is -0.380 e. The van der Waals surface area contributed by atoms with E-state index in [-0.39, 0.29) is 16.8 Å². The number of hydrogen-bond donors (Lipinski definition) is 2. The molecule has 10 nitrogen and oxygen atoms in total. The highest BCUT2D eigenvalue weighted by atomic mass is 35.5. The van der Waals surface area contributed by atoms with Gasteiger partial charge in [-0.05, 0) is 54.3 Å². The van der Waals surface area contributed by atoms with Gasteiger partial charge in [-0.25, -0.2) is 9.67 Å². The molecule has 39 heavy (non-hydrogen) atoms. The molecule has 0 spiro atoms. The highest BCUT2D eigenvalue weighted by Gasteiger charge is 2.53. The first-order valence-corrected chi connectivity index (χ1v) is 13.0. The van der Waals surface area contributed by atoms with Crippen LogP contribution in [-0.4, -0.2) is 34.7 Å².